The normalized spacial score (nSPS) is 13.9. The number of amides is 1. The third-order valence-corrected chi connectivity index (χ3v) is 6.11. The summed E-state index contributed by atoms with van der Waals surface area (Å²) in [6.45, 7) is 3.76. The maximum Gasteiger partial charge on any atom is 0.274 e. The molecule has 0 saturated heterocycles. The summed E-state index contributed by atoms with van der Waals surface area (Å²) in [4.78, 5) is 19.4. The standard InChI is InChI=1S/C26H24FN5O2/c1-17-5-2-3-6-19(17)15-29-30-25-21-7-4-12-28-22(21)24(33)23-26(34)31(13-14-32(23)25)16-18-8-10-20(27)11-9-18/h2-12,29,33H,13-16H2,1H3/b30-25+. The molecule has 0 unspecified atom stereocenters. The van der Waals surface area contributed by atoms with E-state index < -0.39 is 0 Å². The highest BCUT2D eigenvalue weighted by Crippen LogP contribution is 2.28. The molecule has 0 aliphatic carbocycles. The summed E-state index contributed by atoms with van der Waals surface area (Å²) in [6, 6.07) is 17.7. The molecule has 1 aliphatic heterocycles. The largest absolute Gasteiger partial charge is 0.504 e. The third-order valence-electron chi connectivity index (χ3n) is 6.11. The molecule has 4 aromatic rings. The van der Waals surface area contributed by atoms with E-state index in [0.29, 0.717) is 42.6 Å². The zero-order chi connectivity index (χ0) is 23.7. The molecule has 2 aromatic heterocycles. The molecule has 0 saturated carbocycles. The first kappa shape index (κ1) is 21.6. The average Bonchev–Trinajstić information content (AvgIpc) is 2.85. The Labute approximate surface area is 195 Å². The van der Waals surface area contributed by atoms with Gasteiger partial charge in [0.1, 0.15) is 11.3 Å². The SMILES string of the molecule is Cc1ccccc1CN/N=c1\c2cccnc2c(O)c2n1CCN(Cc1ccc(F)cc1)C2=O. The van der Waals surface area contributed by atoms with Gasteiger partial charge in [-0.05, 0) is 47.9 Å². The fourth-order valence-electron chi connectivity index (χ4n) is 4.26. The fourth-order valence-corrected chi connectivity index (χ4v) is 4.26. The summed E-state index contributed by atoms with van der Waals surface area (Å²) < 4.78 is 15.0. The summed E-state index contributed by atoms with van der Waals surface area (Å²) >= 11 is 0. The van der Waals surface area contributed by atoms with Crippen molar-refractivity contribution in [1.82, 2.24) is 19.9 Å². The summed E-state index contributed by atoms with van der Waals surface area (Å²) in [5.74, 6) is -0.812. The number of nitrogens with zero attached hydrogens (tertiary/aromatic N) is 4. The molecule has 5 rings (SSSR count). The van der Waals surface area contributed by atoms with E-state index in [9.17, 15) is 14.3 Å². The van der Waals surface area contributed by atoms with Gasteiger partial charge in [-0.2, -0.15) is 5.10 Å². The van der Waals surface area contributed by atoms with Crippen LogP contribution in [0.4, 0.5) is 4.39 Å². The van der Waals surface area contributed by atoms with E-state index in [1.165, 1.54) is 12.1 Å². The second kappa shape index (κ2) is 8.97. The van der Waals surface area contributed by atoms with Crippen LogP contribution in [0.3, 0.4) is 0 Å². The lowest BCUT2D eigenvalue weighted by Crippen LogP contribution is -2.44. The zero-order valence-corrected chi connectivity index (χ0v) is 18.7. The van der Waals surface area contributed by atoms with Crippen LogP contribution in [-0.2, 0) is 19.6 Å². The summed E-state index contributed by atoms with van der Waals surface area (Å²) in [7, 11) is 0. The van der Waals surface area contributed by atoms with E-state index in [4.69, 9.17) is 0 Å². The first-order valence-corrected chi connectivity index (χ1v) is 11.1. The van der Waals surface area contributed by atoms with Gasteiger partial charge in [-0.3, -0.25) is 9.78 Å². The van der Waals surface area contributed by atoms with Crippen LogP contribution >= 0.6 is 0 Å². The molecule has 2 N–H and O–H groups in total. The second-order valence-corrected chi connectivity index (χ2v) is 8.30. The van der Waals surface area contributed by atoms with Crippen molar-refractivity contribution in [3.63, 3.8) is 0 Å². The minimum Gasteiger partial charge on any atom is -0.504 e. The monoisotopic (exact) mass is 457 g/mol. The predicted molar refractivity (Wildman–Crippen MR) is 126 cm³/mol. The molecule has 2 aromatic carbocycles. The second-order valence-electron chi connectivity index (χ2n) is 8.30. The smallest absolute Gasteiger partial charge is 0.274 e. The highest BCUT2D eigenvalue weighted by Gasteiger charge is 2.30. The quantitative estimate of drug-likeness (QED) is 0.450. The van der Waals surface area contributed by atoms with Crippen LogP contribution in [0.15, 0.2) is 72.0 Å². The Bertz CT molecular complexity index is 1450. The summed E-state index contributed by atoms with van der Waals surface area (Å²) in [5.41, 5.74) is 7.22. The lowest BCUT2D eigenvalue weighted by molar-refractivity contribution is 0.0681. The molecule has 7 nitrogen and oxygen atoms in total. The molecule has 1 aliphatic rings. The number of halogens is 1. The van der Waals surface area contributed by atoms with Gasteiger partial charge in [-0.1, -0.05) is 36.4 Å². The average molecular weight is 458 g/mol. The molecule has 172 valence electrons. The van der Waals surface area contributed by atoms with E-state index >= 15 is 0 Å². The van der Waals surface area contributed by atoms with Crippen molar-refractivity contribution < 1.29 is 14.3 Å². The van der Waals surface area contributed by atoms with Gasteiger partial charge in [-0.25, -0.2) is 4.39 Å². The van der Waals surface area contributed by atoms with Crippen LogP contribution in [0.1, 0.15) is 27.2 Å². The van der Waals surface area contributed by atoms with Gasteiger partial charge in [0.05, 0.1) is 6.54 Å². The van der Waals surface area contributed by atoms with E-state index in [-0.39, 0.29) is 23.2 Å². The van der Waals surface area contributed by atoms with Crippen molar-refractivity contribution in [3.05, 3.63) is 101 Å². The molecule has 0 atom stereocenters. The van der Waals surface area contributed by atoms with Crippen molar-refractivity contribution in [2.24, 2.45) is 5.10 Å². The Morgan fingerprint density at radius 2 is 1.88 bits per heavy atom. The molecule has 1 amide bonds. The molecular formula is C26H24FN5O2. The number of nitrogens with one attached hydrogen (secondary N) is 1. The van der Waals surface area contributed by atoms with E-state index in [0.717, 1.165) is 16.7 Å². The molecule has 0 bridgehead atoms. The Morgan fingerprint density at radius 1 is 1.09 bits per heavy atom. The minimum atomic E-state index is -0.325. The third kappa shape index (κ3) is 3.98. The molecule has 34 heavy (non-hydrogen) atoms. The van der Waals surface area contributed by atoms with Crippen molar-refractivity contribution >= 4 is 16.8 Å². The number of rotatable bonds is 5. The lowest BCUT2D eigenvalue weighted by Gasteiger charge is -2.31. The molecule has 0 spiro atoms. The van der Waals surface area contributed by atoms with Crippen LogP contribution in [0.2, 0.25) is 0 Å². The van der Waals surface area contributed by atoms with Crippen molar-refractivity contribution in [1.29, 1.82) is 0 Å². The molecule has 8 heteroatoms. The number of carbonyl (C=O) groups is 1. The molecule has 0 fully saturated rings. The fraction of sp³-hybridized carbons (Fsp3) is 0.192. The van der Waals surface area contributed by atoms with Crippen molar-refractivity contribution in [3.8, 4) is 5.75 Å². The van der Waals surface area contributed by atoms with Gasteiger partial charge < -0.3 is 20.0 Å². The molecular weight excluding hydrogens is 433 g/mol. The summed E-state index contributed by atoms with van der Waals surface area (Å²) in [5, 5.41) is 16.3. The zero-order valence-electron chi connectivity index (χ0n) is 18.7. The lowest BCUT2D eigenvalue weighted by atomic mass is 10.1. The minimum absolute atomic E-state index is 0.149. The van der Waals surface area contributed by atoms with Gasteiger partial charge in [0.15, 0.2) is 16.9 Å². The van der Waals surface area contributed by atoms with Crippen LogP contribution in [0.5, 0.6) is 5.75 Å². The number of carbonyl (C=O) groups excluding carboxylic acids is 1. The Balaban J connectivity index is 1.54. The number of hydrogen-bond donors (Lipinski definition) is 2. The van der Waals surface area contributed by atoms with Gasteiger partial charge in [0.2, 0.25) is 0 Å². The first-order chi connectivity index (χ1) is 16.5. The Morgan fingerprint density at radius 3 is 2.68 bits per heavy atom. The number of aromatic nitrogens is 2. The van der Waals surface area contributed by atoms with Gasteiger partial charge in [-0.15, -0.1) is 0 Å². The topological polar surface area (TPSA) is 82.8 Å². The van der Waals surface area contributed by atoms with Crippen LogP contribution in [0.25, 0.3) is 10.9 Å². The first-order valence-electron chi connectivity index (χ1n) is 11.1. The number of pyridine rings is 2. The van der Waals surface area contributed by atoms with Gasteiger partial charge in [0.25, 0.3) is 5.91 Å². The van der Waals surface area contributed by atoms with Crippen molar-refractivity contribution in [2.45, 2.75) is 26.6 Å². The predicted octanol–water partition coefficient (Wildman–Crippen LogP) is 3.45. The maximum atomic E-state index is 13.4. The van der Waals surface area contributed by atoms with E-state index in [1.54, 1.807) is 33.9 Å². The number of fused-ring (bicyclic) bond motifs is 2. The van der Waals surface area contributed by atoms with E-state index in [2.05, 4.69) is 15.5 Å². The maximum absolute atomic E-state index is 13.4. The molecule has 0 radical (unpaired) electrons. The highest BCUT2D eigenvalue weighted by molar-refractivity contribution is 6.01. The summed E-state index contributed by atoms with van der Waals surface area (Å²) in [6.07, 6.45) is 1.58. The van der Waals surface area contributed by atoms with Gasteiger partial charge >= 0.3 is 0 Å². The number of aryl methyl sites for hydroxylation is 1. The van der Waals surface area contributed by atoms with Crippen LogP contribution in [0, 0.1) is 12.7 Å². The Kier molecular flexibility index (Phi) is 5.71. The number of benzene rings is 2. The number of aromatic hydroxyl groups is 1. The van der Waals surface area contributed by atoms with Crippen molar-refractivity contribution in [2.75, 3.05) is 6.54 Å². The number of hydrogen-bond acceptors (Lipinski definition) is 5. The van der Waals surface area contributed by atoms with Crippen LogP contribution in [-0.4, -0.2) is 32.0 Å². The highest BCUT2D eigenvalue weighted by atomic mass is 19.1. The van der Waals surface area contributed by atoms with Crippen LogP contribution < -0.4 is 10.9 Å². The Hall–Kier alpha value is -4.20. The molecule has 3 heterocycles. The van der Waals surface area contributed by atoms with E-state index in [1.807, 2.05) is 37.3 Å². The van der Waals surface area contributed by atoms with Gasteiger partial charge in [0, 0.05) is 31.2 Å².